The van der Waals surface area contributed by atoms with Crippen LogP contribution in [0.15, 0.2) is 48.5 Å². The molecule has 0 N–H and O–H groups in total. The van der Waals surface area contributed by atoms with Gasteiger partial charge in [0.05, 0.1) is 22.1 Å². The molecule has 2 nitrogen and oxygen atoms in total. The Bertz CT molecular complexity index is 891. The average molecular weight is 258 g/mol. The highest BCUT2D eigenvalue weighted by Crippen LogP contribution is 2.24. The normalized spacial score (nSPS) is 11.5. The topological polar surface area (TPSA) is 25.8 Å². The fourth-order valence-electron chi connectivity index (χ4n) is 2.62. The van der Waals surface area contributed by atoms with E-state index in [4.69, 9.17) is 9.97 Å². The van der Waals surface area contributed by atoms with Crippen molar-refractivity contribution in [2.24, 2.45) is 0 Å². The van der Waals surface area contributed by atoms with E-state index in [2.05, 4.69) is 62.4 Å². The minimum atomic E-state index is 0.958. The van der Waals surface area contributed by atoms with Crippen molar-refractivity contribution in [1.29, 1.82) is 0 Å². The monoisotopic (exact) mass is 258 g/mol. The van der Waals surface area contributed by atoms with Crippen molar-refractivity contribution in [3.05, 3.63) is 59.7 Å². The summed E-state index contributed by atoms with van der Waals surface area (Å²) in [6.07, 6.45) is 0. The van der Waals surface area contributed by atoms with Gasteiger partial charge in [-0.1, -0.05) is 24.3 Å². The van der Waals surface area contributed by atoms with Crippen LogP contribution in [0.1, 0.15) is 11.1 Å². The van der Waals surface area contributed by atoms with Crippen molar-refractivity contribution in [3.63, 3.8) is 0 Å². The van der Waals surface area contributed by atoms with Crippen LogP contribution < -0.4 is 0 Å². The van der Waals surface area contributed by atoms with E-state index in [0.29, 0.717) is 0 Å². The van der Waals surface area contributed by atoms with Gasteiger partial charge in [-0.05, 0) is 60.0 Å². The Hall–Kier alpha value is -2.48. The lowest BCUT2D eigenvalue weighted by molar-refractivity contribution is 1.32. The molecule has 20 heavy (non-hydrogen) atoms. The summed E-state index contributed by atoms with van der Waals surface area (Å²) in [5.41, 5.74) is 6.37. The van der Waals surface area contributed by atoms with E-state index in [0.717, 1.165) is 22.1 Å². The number of nitrogens with zero attached hydrogens (tertiary/aromatic N) is 2. The van der Waals surface area contributed by atoms with E-state index in [9.17, 15) is 0 Å². The van der Waals surface area contributed by atoms with Crippen LogP contribution in [0.25, 0.3) is 32.8 Å². The predicted molar refractivity (Wildman–Crippen MR) is 84.0 cm³/mol. The van der Waals surface area contributed by atoms with Crippen LogP contribution in [0.5, 0.6) is 0 Å². The molecule has 0 aliphatic carbocycles. The molecule has 0 aliphatic rings. The van der Waals surface area contributed by atoms with Gasteiger partial charge in [0.1, 0.15) is 0 Å². The molecular weight excluding hydrogens is 244 g/mol. The highest BCUT2D eigenvalue weighted by Gasteiger charge is 2.05. The minimum Gasteiger partial charge on any atom is -0.244 e. The zero-order chi connectivity index (χ0) is 13.7. The SMILES string of the molecule is Cc1cc2nc3cc4ccccc4cc3nc2cc1C. The minimum absolute atomic E-state index is 0.958. The Labute approximate surface area is 117 Å². The third-order valence-corrected chi connectivity index (χ3v) is 3.92. The first-order valence-electron chi connectivity index (χ1n) is 6.78. The number of aromatic nitrogens is 2. The molecule has 0 amide bonds. The van der Waals surface area contributed by atoms with Crippen molar-refractivity contribution < 1.29 is 0 Å². The molecule has 0 unspecified atom stereocenters. The second kappa shape index (κ2) is 4.01. The van der Waals surface area contributed by atoms with E-state index < -0.39 is 0 Å². The van der Waals surface area contributed by atoms with Crippen LogP contribution in [0.2, 0.25) is 0 Å². The summed E-state index contributed by atoms with van der Waals surface area (Å²) >= 11 is 0. The van der Waals surface area contributed by atoms with Crippen LogP contribution in [0.4, 0.5) is 0 Å². The molecular formula is C18H14N2. The zero-order valence-electron chi connectivity index (χ0n) is 11.5. The average Bonchev–Trinajstić information content (AvgIpc) is 2.44. The lowest BCUT2D eigenvalue weighted by Crippen LogP contribution is -1.90. The Kier molecular flexibility index (Phi) is 2.27. The maximum atomic E-state index is 4.77. The molecule has 0 saturated heterocycles. The quantitative estimate of drug-likeness (QED) is 0.432. The molecule has 0 spiro atoms. The molecule has 4 rings (SSSR count). The Morgan fingerprint density at radius 2 is 1.00 bits per heavy atom. The van der Waals surface area contributed by atoms with Crippen LogP contribution in [-0.2, 0) is 0 Å². The second-order valence-corrected chi connectivity index (χ2v) is 5.34. The summed E-state index contributed by atoms with van der Waals surface area (Å²) < 4.78 is 0. The van der Waals surface area contributed by atoms with Crippen molar-refractivity contribution >= 4 is 32.8 Å². The smallest absolute Gasteiger partial charge is 0.0901 e. The van der Waals surface area contributed by atoms with Crippen LogP contribution >= 0.6 is 0 Å². The molecule has 96 valence electrons. The third-order valence-electron chi connectivity index (χ3n) is 3.92. The van der Waals surface area contributed by atoms with Gasteiger partial charge in [-0.15, -0.1) is 0 Å². The molecule has 0 aliphatic heterocycles. The molecule has 0 fully saturated rings. The standard InChI is InChI=1S/C18H14N2/c1-11-7-15-16(8-12(11)2)20-18-10-14-6-4-3-5-13(14)9-17(18)19-15/h3-10H,1-2H3. The van der Waals surface area contributed by atoms with E-state index in [-0.39, 0.29) is 0 Å². The molecule has 2 heteroatoms. The van der Waals surface area contributed by atoms with Crippen molar-refractivity contribution in [2.75, 3.05) is 0 Å². The van der Waals surface area contributed by atoms with Crippen molar-refractivity contribution in [1.82, 2.24) is 9.97 Å². The van der Waals surface area contributed by atoms with Gasteiger partial charge in [-0.3, -0.25) is 0 Å². The maximum Gasteiger partial charge on any atom is 0.0901 e. The van der Waals surface area contributed by atoms with Gasteiger partial charge < -0.3 is 0 Å². The van der Waals surface area contributed by atoms with Gasteiger partial charge in [0.2, 0.25) is 0 Å². The number of hydrogen-bond donors (Lipinski definition) is 0. The lowest BCUT2D eigenvalue weighted by atomic mass is 10.1. The maximum absolute atomic E-state index is 4.77. The molecule has 0 radical (unpaired) electrons. The van der Waals surface area contributed by atoms with E-state index in [1.54, 1.807) is 0 Å². The summed E-state index contributed by atoms with van der Waals surface area (Å²) in [4.78, 5) is 9.53. The van der Waals surface area contributed by atoms with Gasteiger partial charge in [-0.25, -0.2) is 9.97 Å². The first-order valence-corrected chi connectivity index (χ1v) is 6.78. The van der Waals surface area contributed by atoms with E-state index in [1.807, 2.05) is 0 Å². The highest BCUT2D eigenvalue weighted by molar-refractivity contribution is 5.97. The number of aryl methyl sites for hydroxylation is 2. The van der Waals surface area contributed by atoms with E-state index >= 15 is 0 Å². The summed E-state index contributed by atoms with van der Waals surface area (Å²) in [6, 6.07) is 16.8. The molecule has 3 aromatic carbocycles. The highest BCUT2D eigenvalue weighted by atomic mass is 14.8. The number of benzene rings is 3. The first kappa shape index (κ1) is 11.4. The van der Waals surface area contributed by atoms with E-state index in [1.165, 1.54) is 21.9 Å². The van der Waals surface area contributed by atoms with Crippen molar-refractivity contribution in [3.8, 4) is 0 Å². The fraction of sp³-hybridized carbons (Fsp3) is 0.111. The Morgan fingerprint density at radius 1 is 0.600 bits per heavy atom. The Balaban J connectivity index is 2.15. The lowest BCUT2D eigenvalue weighted by Gasteiger charge is -2.06. The summed E-state index contributed by atoms with van der Waals surface area (Å²) in [5.74, 6) is 0. The summed E-state index contributed by atoms with van der Waals surface area (Å²) in [7, 11) is 0. The third kappa shape index (κ3) is 1.65. The molecule has 0 saturated carbocycles. The summed E-state index contributed by atoms with van der Waals surface area (Å²) in [6.45, 7) is 4.22. The molecule has 0 atom stereocenters. The second-order valence-electron chi connectivity index (χ2n) is 5.34. The number of rotatable bonds is 0. The summed E-state index contributed by atoms with van der Waals surface area (Å²) in [5, 5.41) is 2.41. The van der Waals surface area contributed by atoms with Gasteiger partial charge in [0.25, 0.3) is 0 Å². The molecule has 0 bridgehead atoms. The van der Waals surface area contributed by atoms with Crippen LogP contribution in [0, 0.1) is 13.8 Å². The zero-order valence-corrected chi connectivity index (χ0v) is 11.5. The van der Waals surface area contributed by atoms with Gasteiger partial charge in [0, 0.05) is 0 Å². The predicted octanol–water partition coefficient (Wildman–Crippen LogP) is 4.55. The number of hydrogen-bond acceptors (Lipinski definition) is 2. The number of fused-ring (bicyclic) bond motifs is 3. The molecule has 4 aromatic rings. The molecule has 1 aromatic heterocycles. The van der Waals surface area contributed by atoms with Gasteiger partial charge in [-0.2, -0.15) is 0 Å². The fourth-order valence-corrected chi connectivity index (χ4v) is 2.62. The van der Waals surface area contributed by atoms with Gasteiger partial charge >= 0.3 is 0 Å². The van der Waals surface area contributed by atoms with Gasteiger partial charge in [0.15, 0.2) is 0 Å². The Morgan fingerprint density at radius 3 is 1.45 bits per heavy atom. The van der Waals surface area contributed by atoms with Crippen LogP contribution in [0.3, 0.4) is 0 Å². The first-order chi connectivity index (χ1) is 9.70. The largest absolute Gasteiger partial charge is 0.244 e. The van der Waals surface area contributed by atoms with Crippen molar-refractivity contribution in [2.45, 2.75) is 13.8 Å². The van der Waals surface area contributed by atoms with Crippen LogP contribution in [-0.4, -0.2) is 9.97 Å². The molecule has 1 heterocycles.